The van der Waals surface area contributed by atoms with Gasteiger partial charge in [0.1, 0.15) is 0 Å². The second-order valence-corrected chi connectivity index (χ2v) is 2.75. The van der Waals surface area contributed by atoms with Crippen LogP contribution in [0.2, 0.25) is 0 Å². The first kappa shape index (κ1) is 10.8. The van der Waals surface area contributed by atoms with Crippen LogP contribution in [0.4, 0.5) is 0 Å². The first-order valence-electron chi connectivity index (χ1n) is 4.25. The Morgan fingerprint density at radius 2 is 2.40 bits per heavy atom. The van der Waals surface area contributed by atoms with Crippen molar-refractivity contribution < 1.29 is 9.90 Å². The summed E-state index contributed by atoms with van der Waals surface area (Å²) in [5.41, 5.74) is 9.03. The highest BCUT2D eigenvalue weighted by Crippen LogP contribution is 2.06. The van der Waals surface area contributed by atoms with Gasteiger partial charge in [-0.1, -0.05) is 29.4 Å². The second kappa shape index (κ2) is 5.47. The van der Waals surface area contributed by atoms with Gasteiger partial charge in [-0.2, -0.15) is 0 Å². The Bertz CT molecular complexity index is 434. The standard InChI is InChI=1S/C10H9N3O2/c11-13-12-6-2-4-8-3-1-5-9(7-8)10(14)15/h1-5,7H,6H2,(H,14,15). The lowest BCUT2D eigenvalue weighted by molar-refractivity contribution is 0.0697. The van der Waals surface area contributed by atoms with E-state index in [1.54, 1.807) is 30.4 Å². The minimum atomic E-state index is -0.958. The van der Waals surface area contributed by atoms with Crippen molar-refractivity contribution in [3.05, 3.63) is 51.9 Å². The molecule has 0 saturated heterocycles. The van der Waals surface area contributed by atoms with Crippen LogP contribution in [0.25, 0.3) is 16.5 Å². The summed E-state index contributed by atoms with van der Waals surface area (Å²) < 4.78 is 0. The van der Waals surface area contributed by atoms with Crippen LogP contribution < -0.4 is 0 Å². The predicted molar refractivity (Wildman–Crippen MR) is 56.4 cm³/mol. The molecular formula is C10H9N3O2. The molecule has 0 radical (unpaired) electrons. The van der Waals surface area contributed by atoms with Gasteiger partial charge >= 0.3 is 5.97 Å². The third-order valence-corrected chi connectivity index (χ3v) is 1.69. The Labute approximate surface area is 86.3 Å². The van der Waals surface area contributed by atoms with Crippen molar-refractivity contribution in [2.75, 3.05) is 6.54 Å². The van der Waals surface area contributed by atoms with Crippen molar-refractivity contribution >= 4 is 12.0 Å². The summed E-state index contributed by atoms with van der Waals surface area (Å²) in [5, 5.41) is 12.1. The van der Waals surface area contributed by atoms with Crippen molar-refractivity contribution in [3.8, 4) is 0 Å². The minimum absolute atomic E-state index is 0.237. The zero-order valence-corrected chi connectivity index (χ0v) is 7.87. The highest BCUT2D eigenvalue weighted by molar-refractivity contribution is 5.88. The van der Waals surface area contributed by atoms with Crippen LogP contribution in [0, 0.1) is 0 Å². The van der Waals surface area contributed by atoms with E-state index in [0.717, 1.165) is 5.56 Å². The van der Waals surface area contributed by atoms with E-state index in [4.69, 9.17) is 10.6 Å². The van der Waals surface area contributed by atoms with E-state index < -0.39 is 5.97 Å². The van der Waals surface area contributed by atoms with Crippen LogP contribution in [0.5, 0.6) is 0 Å². The largest absolute Gasteiger partial charge is 0.478 e. The average molecular weight is 203 g/mol. The molecular weight excluding hydrogens is 194 g/mol. The third-order valence-electron chi connectivity index (χ3n) is 1.69. The maximum absolute atomic E-state index is 10.6. The molecule has 0 aliphatic carbocycles. The molecule has 0 spiro atoms. The van der Waals surface area contributed by atoms with Gasteiger partial charge in [0, 0.05) is 11.5 Å². The minimum Gasteiger partial charge on any atom is -0.478 e. The molecule has 1 aromatic carbocycles. The molecule has 1 rings (SSSR count). The van der Waals surface area contributed by atoms with Crippen molar-refractivity contribution in [2.45, 2.75) is 0 Å². The number of carboxylic acid groups (broad SMARTS) is 1. The van der Waals surface area contributed by atoms with Gasteiger partial charge in [0.15, 0.2) is 0 Å². The average Bonchev–Trinajstić information content (AvgIpc) is 2.25. The molecule has 5 heteroatoms. The molecule has 0 aromatic heterocycles. The van der Waals surface area contributed by atoms with Crippen molar-refractivity contribution in [1.82, 2.24) is 0 Å². The zero-order valence-electron chi connectivity index (χ0n) is 7.87. The second-order valence-electron chi connectivity index (χ2n) is 2.75. The van der Waals surface area contributed by atoms with E-state index in [1.807, 2.05) is 0 Å². The van der Waals surface area contributed by atoms with Crippen LogP contribution in [0.1, 0.15) is 15.9 Å². The van der Waals surface area contributed by atoms with Gasteiger partial charge in [-0.05, 0) is 23.2 Å². The number of azide groups is 1. The Morgan fingerprint density at radius 1 is 1.60 bits per heavy atom. The number of aromatic carboxylic acids is 1. The first-order chi connectivity index (χ1) is 7.24. The lowest BCUT2D eigenvalue weighted by Crippen LogP contribution is -1.95. The smallest absolute Gasteiger partial charge is 0.335 e. The summed E-state index contributed by atoms with van der Waals surface area (Å²) in [6.45, 7) is 0.258. The van der Waals surface area contributed by atoms with Crippen molar-refractivity contribution in [2.24, 2.45) is 5.11 Å². The van der Waals surface area contributed by atoms with Crippen molar-refractivity contribution in [3.63, 3.8) is 0 Å². The quantitative estimate of drug-likeness (QED) is 0.463. The maximum atomic E-state index is 10.6. The van der Waals surface area contributed by atoms with E-state index in [1.165, 1.54) is 6.07 Å². The third kappa shape index (κ3) is 3.54. The van der Waals surface area contributed by atoms with E-state index >= 15 is 0 Å². The summed E-state index contributed by atoms with van der Waals surface area (Å²) >= 11 is 0. The fourth-order valence-electron chi connectivity index (χ4n) is 1.05. The molecule has 1 aromatic rings. The monoisotopic (exact) mass is 203 g/mol. The Balaban J connectivity index is 2.77. The summed E-state index contributed by atoms with van der Waals surface area (Å²) in [4.78, 5) is 13.2. The van der Waals surface area contributed by atoms with Gasteiger partial charge in [-0.15, -0.1) is 0 Å². The number of carbonyl (C=O) groups is 1. The Kier molecular flexibility index (Phi) is 3.94. The normalized spacial score (nSPS) is 9.87. The van der Waals surface area contributed by atoms with E-state index in [0.29, 0.717) is 0 Å². The van der Waals surface area contributed by atoms with Crippen LogP contribution in [0.3, 0.4) is 0 Å². The number of carboxylic acids is 1. The molecule has 0 amide bonds. The van der Waals surface area contributed by atoms with E-state index in [9.17, 15) is 4.79 Å². The molecule has 0 aliphatic rings. The van der Waals surface area contributed by atoms with Gasteiger partial charge in [-0.3, -0.25) is 0 Å². The number of hydrogen-bond acceptors (Lipinski definition) is 2. The molecule has 0 bridgehead atoms. The van der Waals surface area contributed by atoms with Crippen LogP contribution >= 0.6 is 0 Å². The van der Waals surface area contributed by atoms with E-state index in [2.05, 4.69) is 10.0 Å². The number of benzene rings is 1. The molecule has 0 aliphatic heterocycles. The predicted octanol–water partition coefficient (Wildman–Crippen LogP) is 2.71. The molecule has 0 heterocycles. The maximum Gasteiger partial charge on any atom is 0.335 e. The Morgan fingerprint density at radius 3 is 3.07 bits per heavy atom. The number of hydrogen-bond donors (Lipinski definition) is 1. The lowest BCUT2D eigenvalue weighted by Gasteiger charge is -1.95. The molecule has 0 unspecified atom stereocenters. The van der Waals surface area contributed by atoms with Crippen LogP contribution in [-0.2, 0) is 0 Å². The molecule has 15 heavy (non-hydrogen) atoms. The van der Waals surface area contributed by atoms with Crippen LogP contribution in [0.15, 0.2) is 35.5 Å². The molecule has 0 fully saturated rings. The van der Waals surface area contributed by atoms with Gasteiger partial charge in [0.05, 0.1) is 5.56 Å². The van der Waals surface area contributed by atoms with Crippen molar-refractivity contribution in [1.29, 1.82) is 0 Å². The summed E-state index contributed by atoms with van der Waals surface area (Å²) in [7, 11) is 0. The first-order valence-corrected chi connectivity index (χ1v) is 4.25. The topological polar surface area (TPSA) is 86.1 Å². The summed E-state index contributed by atoms with van der Waals surface area (Å²) in [6.07, 6.45) is 3.38. The van der Waals surface area contributed by atoms with Gasteiger partial charge in [0.25, 0.3) is 0 Å². The molecule has 0 atom stereocenters. The zero-order chi connectivity index (χ0) is 11.1. The highest BCUT2D eigenvalue weighted by atomic mass is 16.4. The fraction of sp³-hybridized carbons (Fsp3) is 0.100. The lowest BCUT2D eigenvalue weighted by atomic mass is 10.1. The number of rotatable bonds is 4. The Hall–Kier alpha value is -2.26. The molecule has 5 nitrogen and oxygen atoms in total. The number of nitrogens with zero attached hydrogens (tertiary/aromatic N) is 3. The fourth-order valence-corrected chi connectivity index (χ4v) is 1.05. The molecule has 0 saturated carbocycles. The van der Waals surface area contributed by atoms with Gasteiger partial charge < -0.3 is 5.11 Å². The molecule has 1 N–H and O–H groups in total. The van der Waals surface area contributed by atoms with Gasteiger partial charge in [-0.25, -0.2) is 4.79 Å². The SMILES string of the molecule is [N-]=[N+]=NCC=Cc1cccc(C(=O)O)c1. The molecule has 76 valence electrons. The van der Waals surface area contributed by atoms with Gasteiger partial charge in [0.2, 0.25) is 0 Å². The van der Waals surface area contributed by atoms with E-state index in [-0.39, 0.29) is 12.1 Å². The summed E-state index contributed by atoms with van der Waals surface area (Å²) in [6, 6.07) is 6.51. The highest BCUT2D eigenvalue weighted by Gasteiger charge is 2.00. The summed E-state index contributed by atoms with van der Waals surface area (Å²) in [5.74, 6) is -0.958. The van der Waals surface area contributed by atoms with Crippen LogP contribution in [-0.4, -0.2) is 17.6 Å².